The molecule has 1 saturated heterocycles. The molecule has 0 N–H and O–H groups in total. The van der Waals surface area contributed by atoms with Crippen molar-refractivity contribution in [3.63, 3.8) is 0 Å². The fraction of sp³-hybridized carbons (Fsp3) is 0.257. The smallest absolute Gasteiger partial charge is 0.247 e. The number of amides is 1. The summed E-state index contributed by atoms with van der Waals surface area (Å²) in [5, 5.41) is 0. The van der Waals surface area contributed by atoms with E-state index in [0.717, 1.165) is 60.7 Å². The number of rotatable bonds is 10. The molecule has 0 aliphatic carbocycles. The zero-order valence-corrected chi connectivity index (χ0v) is 23.9. The maximum atomic E-state index is 13.7. The maximum absolute atomic E-state index is 13.7. The lowest BCUT2D eigenvalue weighted by Gasteiger charge is -2.38. The summed E-state index contributed by atoms with van der Waals surface area (Å²) in [7, 11) is 3.70. The van der Waals surface area contributed by atoms with Gasteiger partial charge in [-0.3, -0.25) is 14.7 Å². The van der Waals surface area contributed by atoms with Crippen LogP contribution in [0.25, 0.3) is 6.08 Å². The van der Waals surface area contributed by atoms with E-state index in [4.69, 9.17) is 4.74 Å². The minimum atomic E-state index is 0.0420. The molecule has 41 heavy (non-hydrogen) atoms. The lowest BCUT2D eigenvalue weighted by molar-refractivity contribution is -0.130. The molecule has 4 aromatic rings. The van der Waals surface area contributed by atoms with Crippen LogP contribution in [0.15, 0.2) is 109 Å². The maximum Gasteiger partial charge on any atom is 0.247 e. The number of benzene rings is 3. The molecular weight excluding hydrogens is 508 g/mol. The van der Waals surface area contributed by atoms with Gasteiger partial charge in [0.15, 0.2) is 0 Å². The van der Waals surface area contributed by atoms with E-state index >= 15 is 0 Å². The summed E-state index contributed by atoms with van der Waals surface area (Å²) in [6.07, 6.45) is 9.12. The van der Waals surface area contributed by atoms with Crippen LogP contribution in [0.1, 0.15) is 29.5 Å². The normalized spacial score (nSPS) is 14.2. The van der Waals surface area contributed by atoms with Gasteiger partial charge >= 0.3 is 0 Å². The standard InChI is InChI=1S/C35H38N4O2/c1-37(32-18-22-36-23-19-32)31-13-8-30(9-14-31)27-39(35(40)17-12-28-10-15-34(41-2)16-11-28)33-20-24-38(25-21-33)26-29-6-4-3-5-7-29/h3-19,22-23,33H,20-21,24-27H2,1-2H3. The molecular formula is C35H38N4O2. The van der Waals surface area contributed by atoms with E-state index in [1.165, 1.54) is 5.56 Å². The Morgan fingerprint density at radius 1 is 0.878 bits per heavy atom. The van der Waals surface area contributed by atoms with Crippen molar-refractivity contribution in [1.29, 1.82) is 0 Å². The molecule has 0 saturated carbocycles. The molecule has 1 aromatic heterocycles. The van der Waals surface area contributed by atoms with Gasteiger partial charge in [-0.1, -0.05) is 54.6 Å². The number of aromatic nitrogens is 1. The van der Waals surface area contributed by atoms with Gasteiger partial charge in [-0.2, -0.15) is 0 Å². The van der Waals surface area contributed by atoms with Crippen molar-refractivity contribution in [3.8, 4) is 5.75 Å². The van der Waals surface area contributed by atoms with Crippen LogP contribution in [-0.4, -0.2) is 54.0 Å². The molecule has 6 nitrogen and oxygen atoms in total. The summed E-state index contributed by atoms with van der Waals surface area (Å²) in [6, 6.07) is 31.0. The Balaban J connectivity index is 1.29. The third-order valence-corrected chi connectivity index (χ3v) is 7.79. The number of hydrogen-bond donors (Lipinski definition) is 0. The SMILES string of the molecule is COc1ccc(C=CC(=O)N(Cc2ccc(N(C)c3ccncc3)cc2)C2CCN(Cc3ccccc3)CC2)cc1. The highest BCUT2D eigenvalue weighted by atomic mass is 16.5. The van der Waals surface area contributed by atoms with Gasteiger partial charge in [0.25, 0.3) is 0 Å². The summed E-state index contributed by atoms with van der Waals surface area (Å²) in [5.74, 6) is 0.843. The van der Waals surface area contributed by atoms with Crippen molar-refractivity contribution in [3.05, 3.63) is 126 Å². The molecule has 5 rings (SSSR count). The van der Waals surface area contributed by atoms with Crippen LogP contribution in [0, 0.1) is 0 Å². The molecule has 0 bridgehead atoms. The van der Waals surface area contributed by atoms with E-state index in [2.05, 4.69) is 74.3 Å². The van der Waals surface area contributed by atoms with E-state index in [1.807, 2.05) is 49.5 Å². The molecule has 6 heteroatoms. The largest absolute Gasteiger partial charge is 0.497 e. The number of hydrogen-bond acceptors (Lipinski definition) is 5. The topological polar surface area (TPSA) is 48.9 Å². The number of anilines is 2. The molecule has 0 unspecified atom stereocenters. The average molecular weight is 547 g/mol. The van der Waals surface area contributed by atoms with Gasteiger partial charge in [-0.05, 0) is 72.0 Å². The second-order valence-corrected chi connectivity index (χ2v) is 10.5. The first-order valence-electron chi connectivity index (χ1n) is 14.2. The molecule has 210 valence electrons. The Morgan fingerprint density at radius 2 is 1.54 bits per heavy atom. The van der Waals surface area contributed by atoms with Crippen LogP contribution in [0.2, 0.25) is 0 Å². The van der Waals surface area contributed by atoms with Gasteiger partial charge in [0.2, 0.25) is 5.91 Å². The number of nitrogens with zero attached hydrogens (tertiary/aromatic N) is 4. The van der Waals surface area contributed by atoms with Crippen LogP contribution in [0.3, 0.4) is 0 Å². The molecule has 0 spiro atoms. The minimum absolute atomic E-state index is 0.0420. The molecule has 1 aliphatic rings. The third kappa shape index (κ3) is 7.62. The van der Waals surface area contributed by atoms with E-state index in [9.17, 15) is 4.79 Å². The summed E-state index contributed by atoms with van der Waals surface area (Å²) >= 11 is 0. The third-order valence-electron chi connectivity index (χ3n) is 7.79. The Bertz CT molecular complexity index is 1400. The van der Waals surface area contributed by atoms with Crippen LogP contribution < -0.4 is 9.64 Å². The first kappa shape index (κ1) is 28.1. The van der Waals surface area contributed by atoms with Crippen LogP contribution in [0.4, 0.5) is 11.4 Å². The highest BCUT2D eigenvalue weighted by molar-refractivity contribution is 5.92. The summed E-state index contributed by atoms with van der Waals surface area (Å²) < 4.78 is 5.26. The lowest BCUT2D eigenvalue weighted by atomic mass is 10.0. The Morgan fingerprint density at radius 3 is 2.20 bits per heavy atom. The van der Waals surface area contributed by atoms with Gasteiger partial charge < -0.3 is 14.5 Å². The molecule has 0 radical (unpaired) electrons. The van der Waals surface area contributed by atoms with Crippen molar-refractivity contribution in [2.45, 2.75) is 32.0 Å². The molecule has 0 atom stereocenters. The monoisotopic (exact) mass is 546 g/mol. The van der Waals surface area contributed by atoms with Crippen molar-refractivity contribution >= 4 is 23.4 Å². The van der Waals surface area contributed by atoms with Crippen molar-refractivity contribution in [2.75, 3.05) is 32.1 Å². The average Bonchev–Trinajstić information content (AvgIpc) is 3.04. The van der Waals surface area contributed by atoms with Gasteiger partial charge in [-0.25, -0.2) is 0 Å². The summed E-state index contributed by atoms with van der Waals surface area (Å²) in [5.41, 5.74) is 5.59. The van der Waals surface area contributed by atoms with Gasteiger partial charge in [-0.15, -0.1) is 0 Å². The molecule has 2 heterocycles. The molecule has 1 aliphatic heterocycles. The van der Waals surface area contributed by atoms with Crippen molar-refractivity contribution < 1.29 is 9.53 Å². The highest BCUT2D eigenvalue weighted by Gasteiger charge is 2.27. The highest BCUT2D eigenvalue weighted by Crippen LogP contribution is 2.25. The van der Waals surface area contributed by atoms with E-state index in [-0.39, 0.29) is 11.9 Å². The van der Waals surface area contributed by atoms with Gasteiger partial charge in [0, 0.05) is 69.1 Å². The van der Waals surface area contributed by atoms with Crippen molar-refractivity contribution in [1.82, 2.24) is 14.8 Å². The van der Waals surface area contributed by atoms with E-state index < -0.39 is 0 Å². The Kier molecular flexibility index (Phi) is 9.45. The molecule has 1 fully saturated rings. The second-order valence-electron chi connectivity index (χ2n) is 10.5. The lowest BCUT2D eigenvalue weighted by Crippen LogP contribution is -2.46. The minimum Gasteiger partial charge on any atom is -0.497 e. The number of piperidine rings is 1. The number of ether oxygens (including phenoxy) is 1. The second kappa shape index (κ2) is 13.8. The van der Waals surface area contributed by atoms with E-state index in [1.54, 1.807) is 25.6 Å². The predicted octanol–water partition coefficient (Wildman–Crippen LogP) is 6.56. The van der Waals surface area contributed by atoms with E-state index in [0.29, 0.717) is 6.54 Å². The first-order chi connectivity index (χ1) is 20.1. The summed E-state index contributed by atoms with van der Waals surface area (Å²) in [6.45, 7) is 3.47. The van der Waals surface area contributed by atoms with Crippen molar-refractivity contribution in [2.24, 2.45) is 0 Å². The fourth-order valence-electron chi connectivity index (χ4n) is 5.33. The number of pyridine rings is 1. The zero-order valence-electron chi connectivity index (χ0n) is 23.9. The fourth-order valence-corrected chi connectivity index (χ4v) is 5.33. The van der Waals surface area contributed by atoms with Crippen LogP contribution in [-0.2, 0) is 17.9 Å². The number of likely N-dealkylation sites (tertiary alicyclic amines) is 1. The summed E-state index contributed by atoms with van der Waals surface area (Å²) in [4.78, 5) is 24.5. The first-order valence-corrected chi connectivity index (χ1v) is 14.2. The zero-order chi connectivity index (χ0) is 28.4. The van der Waals surface area contributed by atoms with Gasteiger partial charge in [0.05, 0.1) is 7.11 Å². The number of carbonyl (C=O) groups excluding carboxylic acids is 1. The molecule has 1 amide bonds. The number of carbonyl (C=O) groups is 1. The number of methoxy groups -OCH3 is 1. The predicted molar refractivity (Wildman–Crippen MR) is 166 cm³/mol. The molecule has 3 aromatic carbocycles. The Hall–Kier alpha value is -4.42. The van der Waals surface area contributed by atoms with Crippen LogP contribution >= 0.6 is 0 Å². The van der Waals surface area contributed by atoms with Crippen LogP contribution in [0.5, 0.6) is 5.75 Å². The quantitative estimate of drug-likeness (QED) is 0.211. The van der Waals surface area contributed by atoms with Gasteiger partial charge in [0.1, 0.15) is 5.75 Å². The Labute approximate surface area is 243 Å².